The maximum absolute atomic E-state index is 12.0. The highest BCUT2D eigenvalue weighted by Crippen LogP contribution is 2.29. The number of nitrogens with one attached hydrogen (secondary N) is 2. The Labute approximate surface area is 132 Å². The molecule has 1 aliphatic heterocycles. The van der Waals surface area contributed by atoms with E-state index >= 15 is 0 Å². The summed E-state index contributed by atoms with van der Waals surface area (Å²) in [7, 11) is 0. The van der Waals surface area contributed by atoms with Crippen molar-refractivity contribution in [2.24, 2.45) is 11.8 Å². The van der Waals surface area contributed by atoms with Crippen molar-refractivity contribution < 1.29 is 14.3 Å². The molecule has 22 heavy (non-hydrogen) atoms. The molecule has 0 aromatic carbocycles. The summed E-state index contributed by atoms with van der Waals surface area (Å²) in [6.45, 7) is 8.73. The van der Waals surface area contributed by atoms with E-state index in [-0.39, 0.29) is 30.6 Å². The summed E-state index contributed by atoms with van der Waals surface area (Å²) in [6.07, 6.45) is 3.49. The molecule has 2 aliphatic rings. The molecular formula is C16H29N3O3. The van der Waals surface area contributed by atoms with E-state index in [2.05, 4.69) is 24.5 Å². The van der Waals surface area contributed by atoms with Crippen LogP contribution in [0.15, 0.2) is 0 Å². The highest BCUT2D eigenvalue weighted by atomic mass is 16.5. The van der Waals surface area contributed by atoms with E-state index < -0.39 is 0 Å². The standard InChI is InChI=1S/C16H29N3O3/c1-11-5-4-6-14(13(11)3)17-16(21)18-15(20)10-19-7-8-22-12(2)9-19/h11-14H,4-10H2,1-3H3,(H2,17,18,20,21)/t11-,12+,13-,14+/m0/s1. The number of rotatable bonds is 3. The zero-order valence-electron chi connectivity index (χ0n) is 13.9. The summed E-state index contributed by atoms with van der Waals surface area (Å²) in [4.78, 5) is 26.0. The van der Waals surface area contributed by atoms with Gasteiger partial charge in [0.15, 0.2) is 0 Å². The van der Waals surface area contributed by atoms with Gasteiger partial charge in [-0.2, -0.15) is 0 Å². The number of carbonyl (C=O) groups excluding carboxylic acids is 2. The normalized spacial score (nSPS) is 33.2. The molecule has 0 radical (unpaired) electrons. The number of nitrogens with zero attached hydrogens (tertiary/aromatic N) is 1. The molecule has 0 unspecified atom stereocenters. The third-order valence-corrected chi connectivity index (χ3v) is 4.97. The molecule has 1 heterocycles. The Bertz CT molecular complexity index is 402. The van der Waals surface area contributed by atoms with Gasteiger partial charge in [-0.15, -0.1) is 0 Å². The molecule has 2 rings (SSSR count). The minimum atomic E-state index is -0.364. The summed E-state index contributed by atoms with van der Waals surface area (Å²) < 4.78 is 5.44. The van der Waals surface area contributed by atoms with Gasteiger partial charge in [0, 0.05) is 19.1 Å². The first-order valence-electron chi connectivity index (χ1n) is 8.40. The third kappa shape index (κ3) is 4.95. The van der Waals surface area contributed by atoms with Crippen molar-refractivity contribution in [3.63, 3.8) is 0 Å². The number of ether oxygens (including phenoxy) is 1. The van der Waals surface area contributed by atoms with Crippen molar-refractivity contribution in [2.75, 3.05) is 26.2 Å². The molecule has 0 aromatic rings. The summed E-state index contributed by atoms with van der Waals surface area (Å²) >= 11 is 0. The van der Waals surface area contributed by atoms with Gasteiger partial charge >= 0.3 is 6.03 Å². The van der Waals surface area contributed by atoms with Crippen molar-refractivity contribution in [2.45, 2.75) is 52.2 Å². The van der Waals surface area contributed by atoms with Crippen LogP contribution in [0.4, 0.5) is 4.79 Å². The number of amides is 3. The van der Waals surface area contributed by atoms with E-state index in [0.29, 0.717) is 18.4 Å². The van der Waals surface area contributed by atoms with Gasteiger partial charge in [-0.25, -0.2) is 4.79 Å². The van der Waals surface area contributed by atoms with Gasteiger partial charge in [0.05, 0.1) is 19.3 Å². The van der Waals surface area contributed by atoms with E-state index in [1.165, 1.54) is 6.42 Å². The molecule has 4 atom stereocenters. The molecule has 0 aromatic heterocycles. The molecule has 1 saturated carbocycles. The number of imide groups is 1. The zero-order valence-corrected chi connectivity index (χ0v) is 13.9. The molecule has 126 valence electrons. The molecule has 6 heteroatoms. The van der Waals surface area contributed by atoms with Crippen LogP contribution >= 0.6 is 0 Å². The first kappa shape index (κ1) is 17.2. The summed E-state index contributed by atoms with van der Waals surface area (Å²) in [5.41, 5.74) is 0. The zero-order chi connectivity index (χ0) is 16.1. The van der Waals surface area contributed by atoms with Crippen LogP contribution in [0.25, 0.3) is 0 Å². The summed E-state index contributed by atoms with van der Waals surface area (Å²) in [5.74, 6) is 0.822. The van der Waals surface area contributed by atoms with Gasteiger partial charge in [-0.05, 0) is 25.2 Å². The largest absolute Gasteiger partial charge is 0.376 e. The fraction of sp³-hybridized carbons (Fsp3) is 0.875. The Morgan fingerprint density at radius 1 is 1.23 bits per heavy atom. The Morgan fingerprint density at radius 2 is 2.00 bits per heavy atom. The topological polar surface area (TPSA) is 70.7 Å². The molecule has 0 bridgehead atoms. The number of hydrogen-bond acceptors (Lipinski definition) is 4. The van der Waals surface area contributed by atoms with Gasteiger partial charge in [0.2, 0.25) is 5.91 Å². The van der Waals surface area contributed by atoms with E-state index in [0.717, 1.165) is 25.9 Å². The van der Waals surface area contributed by atoms with Gasteiger partial charge in [-0.1, -0.05) is 26.7 Å². The van der Waals surface area contributed by atoms with E-state index in [9.17, 15) is 9.59 Å². The number of carbonyl (C=O) groups is 2. The van der Waals surface area contributed by atoms with Crippen LogP contribution in [0, 0.1) is 11.8 Å². The van der Waals surface area contributed by atoms with Gasteiger partial charge in [-0.3, -0.25) is 15.0 Å². The Morgan fingerprint density at radius 3 is 2.73 bits per heavy atom. The second-order valence-corrected chi connectivity index (χ2v) is 6.81. The molecule has 6 nitrogen and oxygen atoms in total. The fourth-order valence-electron chi connectivity index (χ4n) is 3.39. The third-order valence-electron chi connectivity index (χ3n) is 4.97. The predicted octanol–water partition coefficient (Wildman–Crippen LogP) is 1.36. The lowest BCUT2D eigenvalue weighted by Crippen LogP contribution is -2.52. The lowest BCUT2D eigenvalue weighted by molar-refractivity contribution is -0.123. The number of hydrogen-bond donors (Lipinski definition) is 2. The SMILES string of the molecule is C[C@H]1[C@@H](C)CCC[C@H]1NC(=O)NC(=O)CN1CCO[C@H](C)C1. The van der Waals surface area contributed by atoms with Gasteiger partial charge < -0.3 is 10.1 Å². The minimum Gasteiger partial charge on any atom is -0.376 e. The Hall–Kier alpha value is -1.14. The van der Waals surface area contributed by atoms with Crippen LogP contribution in [0.5, 0.6) is 0 Å². The molecule has 3 amide bonds. The molecule has 2 fully saturated rings. The Kier molecular flexibility index (Phi) is 6.20. The van der Waals surface area contributed by atoms with Crippen molar-refractivity contribution in [3.8, 4) is 0 Å². The molecule has 1 saturated heterocycles. The molecule has 1 aliphatic carbocycles. The number of urea groups is 1. The van der Waals surface area contributed by atoms with Crippen LogP contribution < -0.4 is 10.6 Å². The maximum atomic E-state index is 12.0. The minimum absolute atomic E-state index is 0.139. The summed E-state index contributed by atoms with van der Waals surface area (Å²) in [6, 6.07) is -0.197. The van der Waals surface area contributed by atoms with E-state index in [4.69, 9.17) is 4.74 Å². The van der Waals surface area contributed by atoms with Crippen LogP contribution in [0.1, 0.15) is 40.0 Å². The van der Waals surface area contributed by atoms with Gasteiger partial charge in [0.25, 0.3) is 0 Å². The highest BCUT2D eigenvalue weighted by Gasteiger charge is 2.28. The van der Waals surface area contributed by atoms with Gasteiger partial charge in [0.1, 0.15) is 0 Å². The second-order valence-electron chi connectivity index (χ2n) is 6.81. The van der Waals surface area contributed by atoms with E-state index in [1.807, 2.05) is 11.8 Å². The smallest absolute Gasteiger partial charge is 0.321 e. The number of morpholine rings is 1. The van der Waals surface area contributed by atoms with Crippen molar-refractivity contribution in [1.82, 2.24) is 15.5 Å². The van der Waals surface area contributed by atoms with Crippen LogP contribution in [0.3, 0.4) is 0 Å². The molecule has 2 N–H and O–H groups in total. The van der Waals surface area contributed by atoms with Crippen molar-refractivity contribution >= 4 is 11.9 Å². The van der Waals surface area contributed by atoms with Crippen LogP contribution in [-0.4, -0.2) is 55.2 Å². The lowest BCUT2D eigenvalue weighted by Gasteiger charge is -2.34. The first-order chi connectivity index (χ1) is 10.5. The predicted molar refractivity (Wildman–Crippen MR) is 84.5 cm³/mol. The average Bonchev–Trinajstić information content (AvgIpc) is 2.43. The quantitative estimate of drug-likeness (QED) is 0.825. The highest BCUT2D eigenvalue weighted by molar-refractivity contribution is 5.95. The fourth-order valence-corrected chi connectivity index (χ4v) is 3.39. The van der Waals surface area contributed by atoms with Crippen molar-refractivity contribution in [1.29, 1.82) is 0 Å². The average molecular weight is 311 g/mol. The Balaban J connectivity index is 1.73. The molecule has 0 spiro atoms. The monoisotopic (exact) mass is 311 g/mol. The van der Waals surface area contributed by atoms with Crippen LogP contribution in [-0.2, 0) is 9.53 Å². The van der Waals surface area contributed by atoms with Crippen LogP contribution in [0.2, 0.25) is 0 Å². The van der Waals surface area contributed by atoms with E-state index in [1.54, 1.807) is 0 Å². The first-order valence-corrected chi connectivity index (χ1v) is 8.40. The molecular weight excluding hydrogens is 282 g/mol. The summed E-state index contributed by atoms with van der Waals surface area (Å²) in [5, 5.41) is 5.42. The maximum Gasteiger partial charge on any atom is 0.321 e. The second kappa shape index (κ2) is 7.92. The van der Waals surface area contributed by atoms with Crippen molar-refractivity contribution in [3.05, 3.63) is 0 Å². The lowest BCUT2D eigenvalue weighted by atomic mass is 9.78.